The molecule has 0 heterocycles. The Morgan fingerprint density at radius 3 is 2.07 bits per heavy atom. The van der Waals surface area contributed by atoms with Crippen molar-refractivity contribution in [3.63, 3.8) is 0 Å². The van der Waals surface area contributed by atoms with Gasteiger partial charge in [0, 0.05) is 0 Å². The highest BCUT2D eigenvalue weighted by Crippen LogP contribution is 2.43. The Labute approximate surface area is 93.8 Å². The molecule has 0 spiro atoms. The van der Waals surface area contributed by atoms with Gasteiger partial charge in [-0.05, 0) is 0 Å². The van der Waals surface area contributed by atoms with E-state index in [0.717, 1.165) is 0 Å². The molecule has 0 aliphatic carbocycles. The molecule has 1 aromatic rings. The first kappa shape index (κ1) is 11.2. The lowest BCUT2D eigenvalue weighted by atomic mass is 10.1. The van der Waals surface area contributed by atoms with Gasteiger partial charge in [0.05, 0.1) is 15.7 Å². The molecule has 76 valence electrons. The number of nitrogens with two attached hydrogens (primary N) is 1. The van der Waals surface area contributed by atoms with E-state index >= 15 is 0 Å². The Hall–Kier alpha value is -0.840. The predicted molar refractivity (Wildman–Crippen MR) is 54.5 cm³/mol. The highest BCUT2D eigenvalue weighted by molar-refractivity contribution is 6.48. The normalized spacial score (nSPS) is 10.2. The van der Waals surface area contributed by atoms with Gasteiger partial charge in [-0.2, -0.15) is 0 Å². The third kappa shape index (κ3) is 1.56. The Bertz CT molecular complexity index is 390. The number of aromatic hydroxyl groups is 1. The Balaban J connectivity index is 3.68. The molecule has 0 unspecified atom stereocenters. The van der Waals surface area contributed by atoms with Crippen LogP contribution >= 0.6 is 34.8 Å². The monoisotopic (exact) mass is 255 g/mol. The lowest BCUT2D eigenvalue weighted by molar-refractivity contribution is 0.0694. The molecule has 4 nitrogen and oxygen atoms in total. The van der Waals surface area contributed by atoms with Crippen molar-refractivity contribution in [2.45, 2.75) is 0 Å². The van der Waals surface area contributed by atoms with Crippen molar-refractivity contribution in [1.82, 2.24) is 0 Å². The summed E-state index contributed by atoms with van der Waals surface area (Å²) in [7, 11) is 0. The third-order valence-corrected chi connectivity index (χ3v) is 2.79. The van der Waals surface area contributed by atoms with Gasteiger partial charge in [-0.3, -0.25) is 0 Å². The summed E-state index contributed by atoms with van der Waals surface area (Å²) >= 11 is 16.7. The van der Waals surface area contributed by atoms with Gasteiger partial charge in [0.1, 0.15) is 10.6 Å². The fourth-order valence-corrected chi connectivity index (χ4v) is 1.56. The number of halogens is 3. The number of nitrogen functional groups attached to an aromatic ring is 1. The average molecular weight is 256 g/mol. The number of carboxylic acid groups (broad SMARTS) is 1. The number of hydrogen-bond donors (Lipinski definition) is 3. The first-order valence-electron chi connectivity index (χ1n) is 3.26. The van der Waals surface area contributed by atoms with Crippen LogP contribution in [0.25, 0.3) is 0 Å². The van der Waals surface area contributed by atoms with Crippen molar-refractivity contribution in [2.24, 2.45) is 0 Å². The van der Waals surface area contributed by atoms with Crippen molar-refractivity contribution in [3.8, 4) is 5.75 Å². The molecule has 14 heavy (non-hydrogen) atoms. The van der Waals surface area contributed by atoms with Gasteiger partial charge in [0.15, 0.2) is 5.75 Å². The van der Waals surface area contributed by atoms with Crippen LogP contribution in [0.2, 0.25) is 15.1 Å². The number of rotatable bonds is 1. The molecule has 0 radical (unpaired) electrons. The highest BCUT2D eigenvalue weighted by atomic mass is 35.5. The zero-order valence-electron chi connectivity index (χ0n) is 6.51. The Morgan fingerprint density at radius 1 is 1.14 bits per heavy atom. The van der Waals surface area contributed by atoms with Crippen LogP contribution in [0.4, 0.5) is 5.69 Å². The second kappa shape index (κ2) is 3.73. The molecule has 0 fully saturated rings. The summed E-state index contributed by atoms with van der Waals surface area (Å²) in [6, 6.07) is 0. The Kier molecular flexibility index (Phi) is 2.99. The summed E-state index contributed by atoms with van der Waals surface area (Å²) in [6.07, 6.45) is 0. The maximum Gasteiger partial charge on any atom is 0.341 e. The predicted octanol–water partition coefficient (Wildman–Crippen LogP) is 2.63. The van der Waals surface area contributed by atoms with Crippen molar-refractivity contribution >= 4 is 46.5 Å². The number of anilines is 1. The molecule has 7 heteroatoms. The van der Waals surface area contributed by atoms with Gasteiger partial charge >= 0.3 is 5.97 Å². The van der Waals surface area contributed by atoms with Crippen LogP contribution < -0.4 is 5.73 Å². The minimum absolute atomic E-state index is 0.167. The van der Waals surface area contributed by atoms with E-state index in [1.54, 1.807) is 0 Å². The fraction of sp³-hybridized carbons (Fsp3) is 0. The van der Waals surface area contributed by atoms with Crippen LogP contribution in [0.3, 0.4) is 0 Å². The molecule has 0 aliphatic heterocycles. The number of hydrogen-bond acceptors (Lipinski definition) is 3. The summed E-state index contributed by atoms with van der Waals surface area (Å²) in [5, 5.41) is 17.2. The summed E-state index contributed by atoms with van der Waals surface area (Å²) in [5.74, 6) is -2.12. The summed E-state index contributed by atoms with van der Waals surface area (Å²) in [4.78, 5) is 10.7. The molecule has 1 aromatic carbocycles. The first-order chi connectivity index (χ1) is 6.37. The number of carboxylic acids is 1. The molecule has 0 bridgehead atoms. The maximum atomic E-state index is 10.7. The third-order valence-electron chi connectivity index (χ3n) is 1.54. The van der Waals surface area contributed by atoms with Crippen LogP contribution in [0.5, 0.6) is 5.75 Å². The van der Waals surface area contributed by atoms with E-state index < -0.39 is 17.3 Å². The molecular formula is C7H4Cl3NO3. The minimum atomic E-state index is -1.43. The van der Waals surface area contributed by atoms with Crippen LogP contribution in [0.1, 0.15) is 10.4 Å². The zero-order chi connectivity index (χ0) is 11.0. The molecule has 4 N–H and O–H groups in total. The number of phenols is 1. The quantitative estimate of drug-likeness (QED) is 0.410. The topological polar surface area (TPSA) is 83.5 Å². The average Bonchev–Trinajstić information content (AvgIpc) is 2.11. The highest BCUT2D eigenvalue weighted by Gasteiger charge is 2.23. The lowest BCUT2D eigenvalue weighted by Gasteiger charge is -2.09. The summed E-state index contributed by atoms with van der Waals surface area (Å²) in [5.41, 5.74) is 4.64. The van der Waals surface area contributed by atoms with E-state index in [4.69, 9.17) is 45.6 Å². The molecule has 0 aliphatic rings. The molecule has 0 amide bonds. The number of aromatic carboxylic acids is 1. The SMILES string of the molecule is Nc1c(Cl)c(Cl)c(O)c(C(=O)O)c1Cl. The van der Waals surface area contributed by atoms with E-state index in [9.17, 15) is 9.90 Å². The molecular weight excluding hydrogens is 252 g/mol. The molecule has 0 aromatic heterocycles. The van der Waals surface area contributed by atoms with E-state index in [-0.39, 0.29) is 20.8 Å². The van der Waals surface area contributed by atoms with E-state index in [2.05, 4.69) is 0 Å². The lowest BCUT2D eigenvalue weighted by Crippen LogP contribution is -2.02. The van der Waals surface area contributed by atoms with E-state index in [1.165, 1.54) is 0 Å². The summed E-state index contributed by atoms with van der Waals surface area (Å²) in [6.45, 7) is 0. The van der Waals surface area contributed by atoms with Crippen molar-refractivity contribution < 1.29 is 15.0 Å². The molecule has 0 saturated heterocycles. The van der Waals surface area contributed by atoms with E-state index in [0.29, 0.717) is 0 Å². The van der Waals surface area contributed by atoms with Crippen molar-refractivity contribution in [2.75, 3.05) is 5.73 Å². The van der Waals surface area contributed by atoms with Crippen LogP contribution in [0, 0.1) is 0 Å². The van der Waals surface area contributed by atoms with Crippen LogP contribution in [-0.4, -0.2) is 16.2 Å². The van der Waals surface area contributed by atoms with Crippen molar-refractivity contribution in [3.05, 3.63) is 20.6 Å². The van der Waals surface area contributed by atoms with Gasteiger partial charge in [0.2, 0.25) is 0 Å². The van der Waals surface area contributed by atoms with Crippen LogP contribution in [-0.2, 0) is 0 Å². The first-order valence-corrected chi connectivity index (χ1v) is 4.39. The van der Waals surface area contributed by atoms with E-state index in [1.807, 2.05) is 0 Å². The maximum absolute atomic E-state index is 10.7. The fourth-order valence-electron chi connectivity index (χ4n) is 0.862. The van der Waals surface area contributed by atoms with Crippen LogP contribution in [0.15, 0.2) is 0 Å². The largest absolute Gasteiger partial charge is 0.505 e. The Morgan fingerprint density at radius 2 is 1.64 bits per heavy atom. The molecule has 0 atom stereocenters. The zero-order valence-corrected chi connectivity index (χ0v) is 8.78. The second-order valence-corrected chi connectivity index (χ2v) is 3.52. The van der Waals surface area contributed by atoms with Gasteiger partial charge in [-0.1, -0.05) is 34.8 Å². The minimum Gasteiger partial charge on any atom is -0.505 e. The number of benzene rings is 1. The smallest absolute Gasteiger partial charge is 0.341 e. The molecule has 0 saturated carbocycles. The number of carbonyl (C=O) groups is 1. The molecule has 1 rings (SSSR count). The van der Waals surface area contributed by atoms with Gasteiger partial charge in [-0.15, -0.1) is 0 Å². The van der Waals surface area contributed by atoms with Gasteiger partial charge < -0.3 is 15.9 Å². The second-order valence-electron chi connectivity index (χ2n) is 2.38. The van der Waals surface area contributed by atoms with Crippen molar-refractivity contribution in [1.29, 1.82) is 0 Å². The van der Waals surface area contributed by atoms with Gasteiger partial charge in [-0.25, -0.2) is 4.79 Å². The standard InChI is InChI=1S/C7H4Cl3NO3/c8-2-1(7(13)14)6(12)4(10)3(9)5(2)11/h12H,11H2,(H,13,14). The van der Waals surface area contributed by atoms with Gasteiger partial charge in [0.25, 0.3) is 0 Å². The summed E-state index contributed by atoms with van der Waals surface area (Å²) < 4.78 is 0.